The summed E-state index contributed by atoms with van der Waals surface area (Å²) >= 11 is 0. The van der Waals surface area contributed by atoms with Crippen LogP contribution in [0.4, 0.5) is 10.6 Å². The van der Waals surface area contributed by atoms with E-state index >= 15 is 0 Å². The smallest absolute Gasteiger partial charge is 0.319 e. The summed E-state index contributed by atoms with van der Waals surface area (Å²) in [5.74, 6) is -0.406. The van der Waals surface area contributed by atoms with Crippen LogP contribution < -0.4 is 10.2 Å². The molecule has 0 aliphatic carbocycles. The fourth-order valence-electron chi connectivity index (χ4n) is 2.73. The minimum Gasteiger partial charge on any atom is -0.319 e. The first kappa shape index (κ1) is 16.6. The monoisotopic (exact) mass is 338 g/mol. The van der Waals surface area contributed by atoms with Crippen LogP contribution in [-0.4, -0.2) is 41.3 Å². The van der Waals surface area contributed by atoms with Crippen LogP contribution in [0.25, 0.3) is 0 Å². The van der Waals surface area contributed by atoms with E-state index in [0.717, 1.165) is 4.90 Å². The fourth-order valence-corrected chi connectivity index (χ4v) is 2.73. The molecule has 1 aliphatic rings. The molecule has 7 heteroatoms. The minimum atomic E-state index is -1.18. The van der Waals surface area contributed by atoms with E-state index in [9.17, 15) is 14.4 Å². The Morgan fingerprint density at radius 1 is 1.16 bits per heavy atom. The van der Waals surface area contributed by atoms with E-state index in [-0.39, 0.29) is 6.54 Å². The summed E-state index contributed by atoms with van der Waals surface area (Å²) in [4.78, 5) is 43.9. The third kappa shape index (κ3) is 2.96. The second kappa shape index (κ2) is 6.35. The second-order valence-electron chi connectivity index (χ2n) is 5.95. The minimum absolute atomic E-state index is 0.347. The Morgan fingerprint density at radius 3 is 2.48 bits per heavy atom. The van der Waals surface area contributed by atoms with Gasteiger partial charge in [0.2, 0.25) is 5.91 Å². The average Bonchev–Trinajstić information content (AvgIpc) is 2.86. The first-order chi connectivity index (χ1) is 11.9. The van der Waals surface area contributed by atoms with E-state index in [1.165, 1.54) is 4.90 Å². The molecule has 1 saturated heterocycles. The molecule has 7 nitrogen and oxygen atoms in total. The zero-order chi connectivity index (χ0) is 18.0. The Balaban J connectivity index is 1.78. The van der Waals surface area contributed by atoms with Crippen LogP contribution in [0.5, 0.6) is 0 Å². The standard InChI is InChI=1S/C18H18N4O3/c1-18(13-8-4-3-5-9-13)16(24)22(17(25)20-18)12-15(23)21(2)14-10-6-7-11-19-14/h3-11H,12H2,1-2H3,(H,20,25). The summed E-state index contributed by atoms with van der Waals surface area (Å²) in [5, 5.41) is 2.68. The zero-order valence-electron chi connectivity index (χ0n) is 14.0. The number of hydrogen-bond acceptors (Lipinski definition) is 4. The maximum Gasteiger partial charge on any atom is 0.325 e. The number of urea groups is 1. The summed E-state index contributed by atoms with van der Waals surface area (Å²) in [6.07, 6.45) is 1.57. The van der Waals surface area contributed by atoms with E-state index in [1.807, 2.05) is 6.07 Å². The molecule has 1 atom stereocenters. The lowest BCUT2D eigenvalue weighted by molar-refractivity contribution is -0.134. The molecular weight excluding hydrogens is 320 g/mol. The third-order valence-electron chi connectivity index (χ3n) is 4.29. The normalized spacial score (nSPS) is 19.7. The zero-order valence-corrected chi connectivity index (χ0v) is 14.0. The van der Waals surface area contributed by atoms with Crippen molar-refractivity contribution in [2.24, 2.45) is 0 Å². The first-order valence-electron chi connectivity index (χ1n) is 7.80. The largest absolute Gasteiger partial charge is 0.325 e. The molecular formula is C18H18N4O3. The number of pyridine rings is 1. The van der Waals surface area contributed by atoms with Gasteiger partial charge < -0.3 is 5.32 Å². The fraction of sp³-hybridized carbons (Fsp3) is 0.222. The van der Waals surface area contributed by atoms with Crippen molar-refractivity contribution in [2.75, 3.05) is 18.5 Å². The van der Waals surface area contributed by atoms with Crippen molar-refractivity contribution in [3.05, 3.63) is 60.3 Å². The van der Waals surface area contributed by atoms with E-state index < -0.39 is 23.4 Å². The van der Waals surface area contributed by atoms with E-state index in [0.29, 0.717) is 11.4 Å². The van der Waals surface area contributed by atoms with Crippen molar-refractivity contribution in [1.29, 1.82) is 0 Å². The maximum absolute atomic E-state index is 12.8. The van der Waals surface area contributed by atoms with Crippen LogP contribution in [0.1, 0.15) is 12.5 Å². The number of likely N-dealkylation sites (N-methyl/N-ethyl adjacent to an activating group) is 1. The Morgan fingerprint density at radius 2 is 1.84 bits per heavy atom. The summed E-state index contributed by atoms with van der Waals surface area (Å²) in [6, 6.07) is 13.5. The molecule has 3 rings (SSSR count). The van der Waals surface area contributed by atoms with Crippen molar-refractivity contribution in [3.8, 4) is 0 Å². The number of benzene rings is 1. The van der Waals surface area contributed by atoms with Gasteiger partial charge in [-0.3, -0.25) is 19.4 Å². The number of nitrogens with zero attached hydrogens (tertiary/aromatic N) is 3. The van der Waals surface area contributed by atoms with Crippen LogP contribution in [0, 0.1) is 0 Å². The van der Waals surface area contributed by atoms with Gasteiger partial charge in [0.25, 0.3) is 5.91 Å². The van der Waals surface area contributed by atoms with Crippen molar-refractivity contribution < 1.29 is 14.4 Å². The number of anilines is 1. The lowest BCUT2D eigenvalue weighted by Crippen LogP contribution is -2.43. The molecule has 25 heavy (non-hydrogen) atoms. The van der Waals surface area contributed by atoms with Gasteiger partial charge in [0.1, 0.15) is 17.9 Å². The number of carbonyl (C=O) groups excluding carboxylic acids is 3. The van der Waals surface area contributed by atoms with Crippen LogP contribution >= 0.6 is 0 Å². The topological polar surface area (TPSA) is 82.6 Å². The highest BCUT2D eigenvalue weighted by molar-refractivity contribution is 6.10. The molecule has 1 aromatic carbocycles. The van der Waals surface area contributed by atoms with Gasteiger partial charge in [0.15, 0.2) is 0 Å². The van der Waals surface area contributed by atoms with Gasteiger partial charge in [-0.2, -0.15) is 0 Å². The molecule has 1 aromatic heterocycles. The molecule has 1 N–H and O–H groups in total. The first-order valence-corrected chi connectivity index (χ1v) is 7.80. The van der Waals surface area contributed by atoms with Crippen LogP contribution in [0.2, 0.25) is 0 Å². The van der Waals surface area contributed by atoms with Crippen molar-refractivity contribution >= 4 is 23.7 Å². The molecule has 2 heterocycles. The molecule has 128 valence electrons. The number of imide groups is 1. The summed E-state index contributed by atoms with van der Waals surface area (Å²) in [6.45, 7) is 1.29. The number of nitrogens with one attached hydrogen (secondary N) is 1. The van der Waals surface area contributed by atoms with Crippen LogP contribution in [-0.2, 0) is 15.1 Å². The Bertz CT molecular complexity index is 810. The Labute approximate surface area is 145 Å². The third-order valence-corrected chi connectivity index (χ3v) is 4.29. The highest BCUT2D eigenvalue weighted by atomic mass is 16.2. The molecule has 4 amide bonds. The van der Waals surface area contributed by atoms with Gasteiger partial charge in [0, 0.05) is 13.2 Å². The quantitative estimate of drug-likeness (QED) is 0.857. The van der Waals surface area contributed by atoms with Gasteiger partial charge in [-0.25, -0.2) is 9.78 Å². The molecule has 0 saturated carbocycles. The van der Waals surface area contributed by atoms with Gasteiger partial charge in [0.05, 0.1) is 0 Å². The molecule has 1 unspecified atom stereocenters. The van der Waals surface area contributed by atoms with Crippen molar-refractivity contribution in [2.45, 2.75) is 12.5 Å². The predicted octanol–water partition coefficient (Wildman–Crippen LogP) is 1.51. The van der Waals surface area contributed by atoms with Crippen LogP contribution in [0.3, 0.4) is 0 Å². The highest BCUT2D eigenvalue weighted by Gasteiger charge is 2.49. The lowest BCUT2D eigenvalue weighted by atomic mass is 9.92. The second-order valence-corrected chi connectivity index (χ2v) is 5.95. The maximum atomic E-state index is 12.8. The highest BCUT2D eigenvalue weighted by Crippen LogP contribution is 2.28. The average molecular weight is 338 g/mol. The number of aromatic nitrogens is 1. The van der Waals surface area contributed by atoms with E-state index in [4.69, 9.17) is 0 Å². The predicted molar refractivity (Wildman–Crippen MR) is 91.7 cm³/mol. The number of rotatable bonds is 4. The molecule has 0 bridgehead atoms. The van der Waals surface area contributed by atoms with Gasteiger partial charge in [-0.05, 0) is 24.6 Å². The van der Waals surface area contributed by atoms with Gasteiger partial charge >= 0.3 is 6.03 Å². The SMILES string of the molecule is CN(C(=O)CN1C(=O)NC(C)(c2ccccc2)C1=O)c1ccccn1. The lowest BCUT2D eigenvalue weighted by Gasteiger charge is -2.23. The van der Waals surface area contributed by atoms with Gasteiger partial charge in [-0.15, -0.1) is 0 Å². The van der Waals surface area contributed by atoms with Gasteiger partial charge in [-0.1, -0.05) is 36.4 Å². The number of carbonyl (C=O) groups is 3. The van der Waals surface area contributed by atoms with Crippen molar-refractivity contribution in [3.63, 3.8) is 0 Å². The van der Waals surface area contributed by atoms with E-state index in [2.05, 4.69) is 10.3 Å². The van der Waals surface area contributed by atoms with E-state index in [1.54, 1.807) is 62.6 Å². The number of hydrogen-bond donors (Lipinski definition) is 1. The molecule has 1 fully saturated rings. The van der Waals surface area contributed by atoms with Crippen molar-refractivity contribution in [1.82, 2.24) is 15.2 Å². The Kier molecular flexibility index (Phi) is 4.22. The number of amides is 4. The summed E-state index contributed by atoms with van der Waals surface area (Å²) < 4.78 is 0. The summed E-state index contributed by atoms with van der Waals surface area (Å²) in [7, 11) is 1.56. The Hall–Kier alpha value is -3.22. The van der Waals surface area contributed by atoms with Crippen LogP contribution in [0.15, 0.2) is 54.7 Å². The molecule has 0 spiro atoms. The molecule has 2 aromatic rings. The molecule has 0 radical (unpaired) electrons. The molecule has 1 aliphatic heterocycles. The summed E-state index contributed by atoms with van der Waals surface area (Å²) in [5.41, 5.74) is -0.510.